The summed E-state index contributed by atoms with van der Waals surface area (Å²) in [5.41, 5.74) is 0. The summed E-state index contributed by atoms with van der Waals surface area (Å²) in [5, 5.41) is 0. The van der Waals surface area contributed by atoms with Gasteiger partial charge in [-0.15, -0.1) is 0 Å². The number of carbonyl (C=O) groups excluding carboxylic acids is 2. The second kappa shape index (κ2) is 7.26. The van der Waals surface area contributed by atoms with Crippen molar-refractivity contribution in [2.45, 2.75) is 34.1 Å². The zero-order chi connectivity index (χ0) is 11.8. The Labute approximate surface area is 90.9 Å². The van der Waals surface area contributed by atoms with E-state index in [1.165, 1.54) is 13.8 Å². The lowest BCUT2D eigenvalue weighted by molar-refractivity contribution is -0.142. The first-order valence-corrected chi connectivity index (χ1v) is 5.18. The second-order valence-corrected chi connectivity index (χ2v) is 4.05. The molecule has 0 radical (unpaired) electrons. The van der Waals surface area contributed by atoms with Crippen molar-refractivity contribution < 1.29 is 19.1 Å². The normalized spacial score (nSPS) is 14.1. The quantitative estimate of drug-likeness (QED) is 0.635. The lowest BCUT2D eigenvalue weighted by Crippen LogP contribution is -2.16. The van der Waals surface area contributed by atoms with Gasteiger partial charge in [0.25, 0.3) is 0 Å². The largest absolute Gasteiger partial charge is 0.466 e. The Bertz CT molecular complexity index is 191. The van der Waals surface area contributed by atoms with Gasteiger partial charge >= 0.3 is 11.9 Å². The summed E-state index contributed by atoms with van der Waals surface area (Å²) in [6.07, 6.45) is 0.876. The van der Waals surface area contributed by atoms with Gasteiger partial charge in [0, 0.05) is 13.8 Å². The maximum Gasteiger partial charge on any atom is 0.302 e. The maximum absolute atomic E-state index is 10.6. The number of esters is 2. The zero-order valence-corrected chi connectivity index (χ0v) is 9.91. The standard InChI is InChI=1S/C11H20O4/c1-8(6-14-10(3)12)5-9(2)7-15-11(4)13/h8-9H,5-7H2,1-4H3/t8-,9+. The van der Waals surface area contributed by atoms with Crippen molar-refractivity contribution in [3.63, 3.8) is 0 Å². The zero-order valence-electron chi connectivity index (χ0n) is 9.91. The van der Waals surface area contributed by atoms with Gasteiger partial charge in [-0.2, -0.15) is 0 Å². The summed E-state index contributed by atoms with van der Waals surface area (Å²) < 4.78 is 9.77. The maximum atomic E-state index is 10.6. The molecule has 4 nitrogen and oxygen atoms in total. The van der Waals surface area contributed by atoms with E-state index in [0.717, 1.165) is 6.42 Å². The minimum absolute atomic E-state index is 0.255. The number of hydrogen-bond donors (Lipinski definition) is 0. The van der Waals surface area contributed by atoms with Gasteiger partial charge in [-0.3, -0.25) is 9.59 Å². The lowest BCUT2D eigenvalue weighted by atomic mass is 9.99. The van der Waals surface area contributed by atoms with Crippen molar-refractivity contribution in [3.8, 4) is 0 Å². The average molecular weight is 216 g/mol. The van der Waals surface area contributed by atoms with E-state index in [4.69, 9.17) is 9.47 Å². The number of carbonyl (C=O) groups is 2. The number of rotatable bonds is 6. The molecule has 0 saturated carbocycles. The van der Waals surface area contributed by atoms with Gasteiger partial charge in [0.1, 0.15) is 0 Å². The highest BCUT2D eigenvalue weighted by atomic mass is 16.5. The van der Waals surface area contributed by atoms with Crippen LogP contribution < -0.4 is 0 Å². The first-order valence-electron chi connectivity index (χ1n) is 5.18. The molecule has 15 heavy (non-hydrogen) atoms. The minimum Gasteiger partial charge on any atom is -0.466 e. The molecule has 0 heterocycles. The molecular formula is C11H20O4. The van der Waals surface area contributed by atoms with Crippen molar-refractivity contribution in [1.29, 1.82) is 0 Å². The molecule has 0 rings (SSSR count). The van der Waals surface area contributed by atoms with Crippen LogP contribution in [0.25, 0.3) is 0 Å². The molecule has 0 unspecified atom stereocenters. The molecule has 0 fully saturated rings. The molecular weight excluding hydrogens is 196 g/mol. The molecule has 0 aromatic rings. The molecule has 0 aliphatic carbocycles. The first kappa shape index (κ1) is 13.9. The molecule has 0 bridgehead atoms. The predicted octanol–water partition coefficient (Wildman–Crippen LogP) is 1.77. The molecule has 4 heteroatoms. The molecule has 0 aromatic heterocycles. The summed E-state index contributed by atoms with van der Waals surface area (Å²) in [6.45, 7) is 7.67. The van der Waals surface area contributed by atoms with E-state index in [2.05, 4.69) is 0 Å². The van der Waals surface area contributed by atoms with Crippen LogP contribution in [0.2, 0.25) is 0 Å². The highest BCUT2D eigenvalue weighted by Gasteiger charge is 2.11. The highest BCUT2D eigenvalue weighted by molar-refractivity contribution is 5.66. The Hall–Kier alpha value is -1.06. The van der Waals surface area contributed by atoms with Crippen molar-refractivity contribution in [2.24, 2.45) is 11.8 Å². The van der Waals surface area contributed by atoms with Gasteiger partial charge < -0.3 is 9.47 Å². The van der Waals surface area contributed by atoms with Crippen molar-refractivity contribution in [1.82, 2.24) is 0 Å². The fourth-order valence-electron chi connectivity index (χ4n) is 1.34. The van der Waals surface area contributed by atoms with Gasteiger partial charge in [0.15, 0.2) is 0 Å². The summed E-state index contributed by atoms with van der Waals surface area (Å²) in [6, 6.07) is 0. The fourth-order valence-corrected chi connectivity index (χ4v) is 1.34. The fraction of sp³-hybridized carbons (Fsp3) is 0.818. The molecule has 88 valence electrons. The van der Waals surface area contributed by atoms with Gasteiger partial charge in [-0.05, 0) is 18.3 Å². The number of ether oxygens (including phenoxy) is 2. The second-order valence-electron chi connectivity index (χ2n) is 4.05. The van der Waals surface area contributed by atoms with Crippen LogP contribution in [-0.4, -0.2) is 25.2 Å². The highest BCUT2D eigenvalue weighted by Crippen LogP contribution is 2.12. The van der Waals surface area contributed by atoms with Crippen LogP contribution in [0, 0.1) is 11.8 Å². The summed E-state index contributed by atoms with van der Waals surface area (Å²) in [7, 11) is 0. The van der Waals surface area contributed by atoms with Crippen LogP contribution in [0.5, 0.6) is 0 Å². The lowest BCUT2D eigenvalue weighted by Gasteiger charge is -2.16. The predicted molar refractivity (Wildman–Crippen MR) is 56.2 cm³/mol. The van der Waals surface area contributed by atoms with E-state index in [1.54, 1.807) is 0 Å². The third-order valence-corrected chi connectivity index (χ3v) is 1.95. The van der Waals surface area contributed by atoms with Crippen LogP contribution in [0.3, 0.4) is 0 Å². The van der Waals surface area contributed by atoms with Crippen LogP contribution in [0.15, 0.2) is 0 Å². The van der Waals surface area contributed by atoms with E-state index < -0.39 is 0 Å². The van der Waals surface area contributed by atoms with Crippen molar-refractivity contribution in [3.05, 3.63) is 0 Å². The summed E-state index contributed by atoms with van der Waals surface area (Å²) >= 11 is 0. The van der Waals surface area contributed by atoms with Gasteiger partial charge in [-0.25, -0.2) is 0 Å². The Kier molecular flexibility index (Phi) is 6.75. The first-order chi connectivity index (χ1) is 6.91. The van der Waals surface area contributed by atoms with Gasteiger partial charge in [0.2, 0.25) is 0 Å². The van der Waals surface area contributed by atoms with E-state index in [0.29, 0.717) is 25.0 Å². The SMILES string of the molecule is CC(=O)OC[C@@H](C)C[C@@H](C)COC(C)=O. The molecule has 0 aliphatic heterocycles. The Balaban J connectivity index is 3.61. The molecule has 0 N–H and O–H groups in total. The minimum atomic E-state index is -0.255. The summed E-state index contributed by atoms with van der Waals surface area (Å²) in [4.78, 5) is 21.1. The molecule has 0 saturated heterocycles. The third kappa shape index (κ3) is 9.25. The van der Waals surface area contributed by atoms with E-state index in [1.807, 2.05) is 13.8 Å². The van der Waals surface area contributed by atoms with Crippen LogP contribution >= 0.6 is 0 Å². The molecule has 0 aliphatic rings. The third-order valence-electron chi connectivity index (χ3n) is 1.95. The molecule has 0 aromatic carbocycles. The number of hydrogen-bond acceptors (Lipinski definition) is 4. The van der Waals surface area contributed by atoms with Gasteiger partial charge in [0.05, 0.1) is 13.2 Å². The van der Waals surface area contributed by atoms with Crippen LogP contribution in [0.1, 0.15) is 34.1 Å². The topological polar surface area (TPSA) is 52.6 Å². The molecule has 0 amide bonds. The Morgan fingerprint density at radius 3 is 1.53 bits per heavy atom. The smallest absolute Gasteiger partial charge is 0.302 e. The van der Waals surface area contributed by atoms with Crippen molar-refractivity contribution in [2.75, 3.05) is 13.2 Å². The van der Waals surface area contributed by atoms with E-state index >= 15 is 0 Å². The summed E-state index contributed by atoms with van der Waals surface area (Å²) in [5.74, 6) is 0.0721. The van der Waals surface area contributed by atoms with Crippen LogP contribution in [-0.2, 0) is 19.1 Å². The monoisotopic (exact) mass is 216 g/mol. The Morgan fingerprint density at radius 2 is 1.27 bits per heavy atom. The van der Waals surface area contributed by atoms with Crippen molar-refractivity contribution >= 4 is 11.9 Å². The molecule has 0 spiro atoms. The Morgan fingerprint density at radius 1 is 0.933 bits per heavy atom. The average Bonchev–Trinajstić information content (AvgIpc) is 2.11. The van der Waals surface area contributed by atoms with E-state index in [9.17, 15) is 9.59 Å². The molecule has 2 atom stereocenters. The van der Waals surface area contributed by atoms with E-state index in [-0.39, 0.29) is 11.9 Å². The van der Waals surface area contributed by atoms with Crippen LogP contribution in [0.4, 0.5) is 0 Å². The van der Waals surface area contributed by atoms with Gasteiger partial charge in [-0.1, -0.05) is 13.8 Å².